The second-order valence-electron chi connectivity index (χ2n) is 4.91. The molecule has 0 saturated carbocycles. The lowest BCUT2D eigenvalue weighted by Gasteiger charge is -2.20. The Kier molecular flexibility index (Phi) is 3.85. The third-order valence-electron chi connectivity index (χ3n) is 3.80. The van der Waals surface area contributed by atoms with E-state index in [0.717, 1.165) is 12.5 Å². The van der Waals surface area contributed by atoms with Crippen molar-refractivity contribution in [2.75, 3.05) is 0 Å². The molecule has 1 heterocycles. The zero-order chi connectivity index (χ0) is 12.3. The van der Waals surface area contributed by atoms with E-state index >= 15 is 0 Å². The van der Waals surface area contributed by atoms with Crippen LogP contribution in [0.25, 0.3) is 10.9 Å². The van der Waals surface area contributed by atoms with Crippen molar-refractivity contribution in [3.8, 4) is 0 Å². The molecule has 2 rings (SSSR count). The Hall–Kier alpha value is -1.28. The van der Waals surface area contributed by atoms with E-state index in [1.807, 2.05) is 6.20 Å². The van der Waals surface area contributed by atoms with E-state index in [-0.39, 0.29) is 0 Å². The average molecular weight is 230 g/mol. The van der Waals surface area contributed by atoms with Crippen LogP contribution < -0.4 is 5.32 Å². The standard InChI is InChI=1S/C15H22N2/c1-4-11(2)12(3)17-10-13-6-5-7-15-14(13)8-9-16-15/h5-9,11-12,16-17H,4,10H2,1-3H3. The number of benzene rings is 1. The molecule has 0 aliphatic rings. The number of hydrogen-bond donors (Lipinski definition) is 2. The molecule has 0 aliphatic heterocycles. The fourth-order valence-corrected chi connectivity index (χ4v) is 2.13. The highest BCUT2D eigenvalue weighted by molar-refractivity contribution is 5.82. The van der Waals surface area contributed by atoms with Crippen molar-refractivity contribution in [2.24, 2.45) is 5.92 Å². The maximum atomic E-state index is 3.62. The fraction of sp³-hybridized carbons (Fsp3) is 0.467. The summed E-state index contributed by atoms with van der Waals surface area (Å²) in [6.45, 7) is 7.76. The number of nitrogens with one attached hydrogen (secondary N) is 2. The van der Waals surface area contributed by atoms with Gasteiger partial charge in [0.2, 0.25) is 0 Å². The highest BCUT2D eigenvalue weighted by Crippen LogP contribution is 2.17. The minimum atomic E-state index is 0.564. The molecule has 2 aromatic rings. The van der Waals surface area contributed by atoms with Crippen molar-refractivity contribution >= 4 is 10.9 Å². The first kappa shape index (κ1) is 12.2. The summed E-state index contributed by atoms with van der Waals surface area (Å²) in [5.41, 5.74) is 2.60. The van der Waals surface area contributed by atoms with Crippen LogP contribution in [0.3, 0.4) is 0 Å². The minimum absolute atomic E-state index is 0.564. The Bertz CT molecular complexity index is 472. The molecule has 0 saturated heterocycles. The Labute approximate surface area is 103 Å². The molecule has 17 heavy (non-hydrogen) atoms. The summed E-state index contributed by atoms with van der Waals surface area (Å²) in [5.74, 6) is 0.723. The van der Waals surface area contributed by atoms with E-state index in [4.69, 9.17) is 0 Å². The lowest BCUT2D eigenvalue weighted by atomic mass is 10.0. The van der Waals surface area contributed by atoms with Crippen molar-refractivity contribution < 1.29 is 0 Å². The molecule has 0 radical (unpaired) electrons. The molecule has 1 aromatic heterocycles. The SMILES string of the molecule is CCC(C)C(C)NCc1cccc2[nH]ccc12. The molecular weight excluding hydrogens is 208 g/mol. The van der Waals surface area contributed by atoms with Crippen LogP contribution in [-0.2, 0) is 6.54 Å². The van der Waals surface area contributed by atoms with Gasteiger partial charge in [-0.2, -0.15) is 0 Å². The minimum Gasteiger partial charge on any atom is -0.361 e. The molecule has 1 aromatic carbocycles. The molecule has 0 fully saturated rings. The second-order valence-corrected chi connectivity index (χ2v) is 4.91. The lowest BCUT2D eigenvalue weighted by molar-refractivity contribution is 0.390. The second kappa shape index (κ2) is 5.37. The predicted octanol–water partition coefficient (Wildman–Crippen LogP) is 3.69. The molecule has 2 heteroatoms. The zero-order valence-corrected chi connectivity index (χ0v) is 11.0. The normalized spacial score (nSPS) is 15.0. The van der Waals surface area contributed by atoms with Gasteiger partial charge in [-0.1, -0.05) is 32.4 Å². The maximum absolute atomic E-state index is 3.62. The number of rotatable bonds is 5. The fourth-order valence-electron chi connectivity index (χ4n) is 2.13. The summed E-state index contributed by atoms with van der Waals surface area (Å²) in [6.07, 6.45) is 3.23. The number of fused-ring (bicyclic) bond motifs is 1. The third kappa shape index (κ3) is 2.70. The van der Waals surface area contributed by atoms with Crippen LogP contribution in [0.2, 0.25) is 0 Å². The highest BCUT2D eigenvalue weighted by Gasteiger charge is 2.09. The van der Waals surface area contributed by atoms with Crippen molar-refractivity contribution in [1.29, 1.82) is 0 Å². The van der Waals surface area contributed by atoms with Crippen molar-refractivity contribution in [1.82, 2.24) is 10.3 Å². The molecule has 0 spiro atoms. The third-order valence-corrected chi connectivity index (χ3v) is 3.80. The van der Waals surface area contributed by atoms with Gasteiger partial charge < -0.3 is 10.3 Å². The van der Waals surface area contributed by atoms with Crippen LogP contribution in [0.5, 0.6) is 0 Å². The summed E-state index contributed by atoms with van der Waals surface area (Å²) in [7, 11) is 0. The van der Waals surface area contributed by atoms with Crippen LogP contribution in [-0.4, -0.2) is 11.0 Å². The topological polar surface area (TPSA) is 27.8 Å². The molecule has 2 nitrogen and oxygen atoms in total. The molecule has 2 atom stereocenters. The molecular formula is C15H22N2. The van der Waals surface area contributed by atoms with Gasteiger partial charge in [0.25, 0.3) is 0 Å². The van der Waals surface area contributed by atoms with Crippen molar-refractivity contribution in [3.63, 3.8) is 0 Å². The van der Waals surface area contributed by atoms with E-state index < -0.39 is 0 Å². The maximum Gasteiger partial charge on any atom is 0.0457 e. The first-order chi connectivity index (χ1) is 8.22. The van der Waals surface area contributed by atoms with Crippen LogP contribution in [0.15, 0.2) is 30.5 Å². The quantitative estimate of drug-likeness (QED) is 0.805. The van der Waals surface area contributed by atoms with Crippen LogP contribution in [0.4, 0.5) is 0 Å². The summed E-state index contributed by atoms with van der Waals surface area (Å²) < 4.78 is 0. The Balaban J connectivity index is 2.06. The van der Waals surface area contributed by atoms with Gasteiger partial charge in [-0.25, -0.2) is 0 Å². The molecule has 92 valence electrons. The molecule has 0 aliphatic carbocycles. The summed E-state index contributed by atoms with van der Waals surface area (Å²) in [4.78, 5) is 3.25. The first-order valence-electron chi connectivity index (χ1n) is 6.50. The summed E-state index contributed by atoms with van der Waals surface area (Å²) in [6, 6.07) is 9.15. The summed E-state index contributed by atoms with van der Waals surface area (Å²) >= 11 is 0. The van der Waals surface area contributed by atoms with Crippen LogP contribution in [0, 0.1) is 5.92 Å². The monoisotopic (exact) mass is 230 g/mol. The van der Waals surface area contributed by atoms with Crippen LogP contribution in [0.1, 0.15) is 32.8 Å². The van der Waals surface area contributed by atoms with E-state index in [1.165, 1.54) is 22.9 Å². The van der Waals surface area contributed by atoms with Gasteiger partial charge in [0.15, 0.2) is 0 Å². The Morgan fingerprint density at radius 3 is 2.82 bits per heavy atom. The van der Waals surface area contributed by atoms with Crippen molar-refractivity contribution in [3.05, 3.63) is 36.0 Å². The molecule has 0 amide bonds. The smallest absolute Gasteiger partial charge is 0.0457 e. The van der Waals surface area contributed by atoms with Gasteiger partial charge in [-0.3, -0.25) is 0 Å². The van der Waals surface area contributed by atoms with E-state index in [2.05, 4.69) is 55.3 Å². The lowest BCUT2D eigenvalue weighted by Crippen LogP contribution is -2.31. The first-order valence-corrected chi connectivity index (χ1v) is 6.50. The molecule has 2 N–H and O–H groups in total. The predicted molar refractivity (Wildman–Crippen MR) is 74.1 cm³/mol. The average Bonchev–Trinajstić information content (AvgIpc) is 2.83. The van der Waals surface area contributed by atoms with Crippen molar-refractivity contribution in [2.45, 2.75) is 39.8 Å². The number of aromatic nitrogens is 1. The van der Waals surface area contributed by atoms with Gasteiger partial charge >= 0.3 is 0 Å². The molecule has 0 bridgehead atoms. The van der Waals surface area contributed by atoms with Gasteiger partial charge in [0.1, 0.15) is 0 Å². The van der Waals surface area contributed by atoms with Gasteiger partial charge in [-0.05, 0) is 30.5 Å². The van der Waals surface area contributed by atoms with Crippen LogP contribution >= 0.6 is 0 Å². The molecule has 2 unspecified atom stereocenters. The van der Waals surface area contributed by atoms with Gasteiger partial charge in [0.05, 0.1) is 0 Å². The Morgan fingerprint density at radius 2 is 2.06 bits per heavy atom. The number of hydrogen-bond acceptors (Lipinski definition) is 1. The van der Waals surface area contributed by atoms with Gasteiger partial charge in [-0.15, -0.1) is 0 Å². The highest BCUT2D eigenvalue weighted by atomic mass is 14.9. The van der Waals surface area contributed by atoms with E-state index in [9.17, 15) is 0 Å². The van der Waals surface area contributed by atoms with Gasteiger partial charge in [0, 0.05) is 29.7 Å². The largest absolute Gasteiger partial charge is 0.361 e. The number of H-pyrrole nitrogens is 1. The zero-order valence-electron chi connectivity index (χ0n) is 11.0. The van der Waals surface area contributed by atoms with E-state index in [0.29, 0.717) is 6.04 Å². The summed E-state index contributed by atoms with van der Waals surface area (Å²) in [5, 5.41) is 4.95. The van der Waals surface area contributed by atoms with E-state index in [1.54, 1.807) is 0 Å². The Morgan fingerprint density at radius 1 is 1.24 bits per heavy atom. The number of aromatic amines is 1.